The number of aromatic nitrogens is 2. The second-order valence-corrected chi connectivity index (χ2v) is 6.00. The van der Waals surface area contributed by atoms with Crippen LogP contribution in [0.3, 0.4) is 0 Å². The van der Waals surface area contributed by atoms with Gasteiger partial charge in [-0.25, -0.2) is 4.68 Å². The number of carbonyl (C=O) groups is 1. The number of para-hydroxylation sites is 1. The number of benzene rings is 2. The van der Waals surface area contributed by atoms with Crippen molar-refractivity contribution >= 4 is 12.0 Å². The summed E-state index contributed by atoms with van der Waals surface area (Å²) in [5.41, 5.74) is 3.32. The second-order valence-electron chi connectivity index (χ2n) is 6.00. The summed E-state index contributed by atoms with van der Waals surface area (Å²) in [6, 6.07) is 21.4. The molecule has 5 heteroatoms. The van der Waals surface area contributed by atoms with E-state index in [0.717, 1.165) is 23.4 Å². The molecule has 0 bridgehead atoms. The Morgan fingerprint density at radius 3 is 2.44 bits per heavy atom. The van der Waals surface area contributed by atoms with Crippen LogP contribution in [0.5, 0.6) is 0 Å². The van der Waals surface area contributed by atoms with E-state index in [1.165, 1.54) is 0 Å². The van der Waals surface area contributed by atoms with Crippen LogP contribution in [0.1, 0.15) is 18.9 Å². The number of amides is 1. The molecule has 0 saturated heterocycles. The van der Waals surface area contributed by atoms with Crippen LogP contribution in [0.4, 0.5) is 0 Å². The Hall–Kier alpha value is -3.65. The lowest BCUT2D eigenvalue weighted by Crippen LogP contribution is -2.25. The molecule has 3 rings (SSSR count). The Morgan fingerprint density at radius 2 is 1.81 bits per heavy atom. The minimum absolute atomic E-state index is 0.0632. The predicted molar refractivity (Wildman–Crippen MR) is 106 cm³/mol. The molecular formula is C22H20N4O. The summed E-state index contributed by atoms with van der Waals surface area (Å²) in [7, 11) is 0. The summed E-state index contributed by atoms with van der Waals surface area (Å²) in [5.74, 6) is -0.370. The molecule has 27 heavy (non-hydrogen) atoms. The average Bonchev–Trinajstić information content (AvgIpc) is 3.15. The molecular weight excluding hydrogens is 336 g/mol. The number of rotatable bonds is 6. The van der Waals surface area contributed by atoms with Crippen molar-refractivity contribution in [2.45, 2.75) is 13.3 Å². The topological polar surface area (TPSA) is 70.7 Å². The Balaban J connectivity index is 2.07. The SMILES string of the molecule is CCCNC(=O)C(C#N)=Cc1cn(-c2ccccc2)nc1-c1ccccc1. The second kappa shape index (κ2) is 8.63. The monoisotopic (exact) mass is 356 g/mol. The fourth-order valence-electron chi connectivity index (χ4n) is 2.66. The van der Waals surface area contributed by atoms with E-state index in [-0.39, 0.29) is 11.5 Å². The van der Waals surface area contributed by atoms with Gasteiger partial charge >= 0.3 is 0 Å². The highest BCUT2D eigenvalue weighted by atomic mass is 16.1. The van der Waals surface area contributed by atoms with E-state index in [0.29, 0.717) is 12.1 Å². The molecule has 0 radical (unpaired) electrons. The van der Waals surface area contributed by atoms with Crippen molar-refractivity contribution in [3.05, 3.63) is 78.0 Å². The molecule has 0 aliphatic carbocycles. The quantitative estimate of drug-likeness (QED) is 0.536. The van der Waals surface area contributed by atoms with Crippen LogP contribution in [0.2, 0.25) is 0 Å². The summed E-state index contributed by atoms with van der Waals surface area (Å²) in [6.45, 7) is 2.50. The lowest BCUT2D eigenvalue weighted by atomic mass is 10.1. The standard InChI is InChI=1S/C22H20N4O/c1-2-13-24-22(27)18(15-23)14-19-16-26(20-11-7-4-8-12-20)25-21(19)17-9-5-3-6-10-17/h3-12,14,16H,2,13H2,1H3,(H,24,27). The first-order chi connectivity index (χ1) is 13.2. The Kier molecular flexibility index (Phi) is 5.80. The van der Waals surface area contributed by atoms with E-state index in [9.17, 15) is 10.1 Å². The van der Waals surface area contributed by atoms with Crippen molar-refractivity contribution in [1.29, 1.82) is 5.26 Å². The Morgan fingerprint density at radius 1 is 1.15 bits per heavy atom. The number of hydrogen-bond donors (Lipinski definition) is 1. The van der Waals surface area contributed by atoms with Gasteiger partial charge in [0.2, 0.25) is 0 Å². The van der Waals surface area contributed by atoms with Gasteiger partial charge in [0.1, 0.15) is 11.6 Å². The summed E-state index contributed by atoms with van der Waals surface area (Å²) in [4.78, 5) is 12.2. The van der Waals surface area contributed by atoms with E-state index >= 15 is 0 Å². The molecule has 1 aromatic heterocycles. The average molecular weight is 356 g/mol. The van der Waals surface area contributed by atoms with Gasteiger partial charge in [-0.1, -0.05) is 55.5 Å². The van der Waals surface area contributed by atoms with Gasteiger partial charge in [-0.05, 0) is 24.6 Å². The molecule has 2 aromatic carbocycles. The van der Waals surface area contributed by atoms with E-state index in [4.69, 9.17) is 5.10 Å². The summed E-state index contributed by atoms with van der Waals surface area (Å²) in [6.07, 6.45) is 4.24. The normalized spacial score (nSPS) is 11.0. The van der Waals surface area contributed by atoms with Gasteiger partial charge in [-0.3, -0.25) is 4.79 Å². The van der Waals surface area contributed by atoms with E-state index in [2.05, 4.69) is 5.32 Å². The smallest absolute Gasteiger partial charge is 0.261 e. The first-order valence-electron chi connectivity index (χ1n) is 8.83. The number of nitrogens with zero attached hydrogens (tertiary/aromatic N) is 3. The van der Waals surface area contributed by atoms with Crippen LogP contribution in [-0.4, -0.2) is 22.2 Å². The maximum atomic E-state index is 12.2. The molecule has 0 spiro atoms. The van der Waals surface area contributed by atoms with Crippen molar-refractivity contribution in [3.63, 3.8) is 0 Å². The summed E-state index contributed by atoms with van der Waals surface area (Å²) in [5, 5.41) is 16.9. The first-order valence-corrected chi connectivity index (χ1v) is 8.83. The van der Waals surface area contributed by atoms with Crippen LogP contribution in [-0.2, 0) is 4.79 Å². The molecule has 0 aliphatic rings. The first kappa shape index (κ1) is 18.2. The third kappa shape index (κ3) is 4.31. The van der Waals surface area contributed by atoms with Crippen LogP contribution in [0, 0.1) is 11.3 Å². The number of carbonyl (C=O) groups excluding carboxylic acids is 1. The zero-order valence-electron chi connectivity index (χ0n) is 15.1. The predicted octanol–water partition coefficient (Wildman–Crippen LogP) is 3.97. The van der Waals surface area contributed by atoms with Gasteiger partial charge < -0.3 is 5.32 Å². The minimum atomic E-state index is -0.370. The van der Waals surface area contributed by atoms with E-state index < -0.39 is 0 Å². The van der Waals surface area contributed by atoms with Crippen molar-refractivity contribution < 1.29 is 4.79 Å². The molecule has 0 aliphatic heterocycles. The third-order valence-corrected chi connectivity index (χ3v) is 4.01. The number of hydrogen-bond acceptors (Lipinski definition) is 3. The number of nitrogens with one attached hydrogen (secondary N) is 1. The molecule has 1 N–H and O–H groups in total. The molecule has 3 aromatic rings. The lowest BCUT2D eigenvalue weighted by Gasteiger charge is -2.02. The maximum absolute atomic E-state index is 12.2. The van der Waals surface area contributed by atoms with E-state index in [1.54, 1.807) is 10.8 Å². The van der Waals surface area contributed by atoms with E-state index in [1.807, 2.05) is 79.9 Å². The highest BCUT2D eigenvalue weighted by Gasteiger charge is 2.14. The molecule has 0 saturated carbocycles. The fourth-order valence-corrected chi connectivity index (χ4v) is 2.66. The zero-order valence-corrected chi connectivity index (χ0v) is 15.1. The van der Waals surface area contributed by atoms with Crippen molar-refractivity contribution in [1.82, 2.24) is 15.1 Å². The van der Waals surface area contributed by atoms with Crippen LogP contribution in [0.25, 0.3) is 23.0 Å². The van der Waals surface area contributed by atoms with Crippen molar-refractivity contribution in [2.75, 3.05) is 6.54 Å². The number of nitriles is 1. The highest BCUT2D eigenvalue weighted by Crippen LogP contribution is 2.25. The Bertz CT molecular complexity index is 982. The summed E-state index contributed by atoms with van der Waals surface area (Å²) >= 11 is 0. The summed E-state index contributed by atoms with van der Waals surface area (Å²) < 4.78 is 1.76. The minimum Gasteiger partial charge on any atom is -0.351 e. The molecule has 1 amide bonds. The molecule has 1 heterocycles. The van der Waals surface area contributed by atoms with Gasteiger partial charge in [-0.2, -0.15) is 10.4 Å². The van der Waals surface area contributed by atoms with Crippen LogP contribution in [0.15, 0.2) is 72.4 Å². The highest BCUT2D eigenvalue weighted by molar-refractivity contribution is 6.02. The van der Waals surface area contributed by atoms with Crippen LogP contribution < -0.4 is 5.32 Å². The van der Waals surface area contributed by atoms with Gasteiger partial charge in [0.25, 0.3) is 5.91 Å². The van der Waals surface area contributed by atoms with Gasteiger partial charge in [0, 0.05) is 23.9 Å². The van der Waals surface area contributed by atoms with Crippen molar-refractivity contribution in [2.24, 2.45) is 0 Å². The Labute approximate surface area is 158 Å². The molecule has 0 unspecified atom stereocenters. The van der Waals surface area contributed by atoms with Crippen molar-refractivity contribution in [3.8, 4) is 23.0 Å². The molecule has 0 atom stereocenters. The lowest BCUT2D eigenvalue weighted by molar-refractivity contribution is -0.117. The largest absolute Gasteiger partial charge is 0.351 e. The van der Waals surface area contributed by atoms with Crippen LogP contribution >= 0.6 is 0 Å². The zero-order chi connectivity index (χ0) is 19.1. The molecule has 134 valence electrons. The van der Waals surface area contributed by atoms with Gasteiger partial charge in [-0.15, -0.1) is 0 Å². The van der Waals surface area contributed by atoms with Gasteiger partial charge in [0.15, 0.2) is 0 Å². The molecule has 0 fully saturated rings. The molecule has 5 nitrogen and oxygen atoms in total. The maximum Gasteiger partial charge on any atom is 0.261 e. The third-order valence-electron chi connectivity index (χ3n) is 4.01. The van der Waals surface area contributed by atoms with Gasteiger partial charge in [0.05, 0.1) is 11.4 Å². The fraction of sp³-hybridized carbons (Fsp3) is 0.136.